The summed E-state index contributed by atoms with van der Waals surface area (Å²) in [6, 6.07) is 0. The van der Waals surface area contributed by atoms with Crippen LogP contribution in [0.5, 0.6) is 0 Å². The quantitative estimate of drug-likeness (QED) is 0.449. The van der Waals surface area contributed by atoms with E-state index in [0.717, 1.165) is 38.9 Å². The SMILES string of the molecule is CCCCOCNc1ncnc(NCOCCCC)n1. The van der Waals surface area contributed by atoms with Gasteiger partial charge in [-0.2, -0.15) is 4.98 Å². The minimum atomic E-state index is 0.399. The molecule has 1 rings (SSSR count). The highest BCUT2D eigenvalue weighted by Gasteiger charge is 1.99. The maximum atomic E-state index is 5.39. The lowest BCUT2D eigenvalue weighted by atomic mass is 10.4. The summed E-state index contributed by atoms with van der Waals surface area (Å²) in [5, 5.41) is 5.98. The molecule has 0 aliphatic heterocycles. The van der Waals surface area contributed by atoms with E-state index in [-0.39, 0.29) is 0 Å². The number of anilines is 2. The van der Waals surface area contributed by atoms with Gasteiger partial charge in [0.1, 0.15) is 19.8 Å². The van der Waals surface area contributed by atoms with Gasteiger partial charge in [-0.15, -0.1) is 0 Å². The van der Waals surface area contributed by atoms with Crippen LogP contribution in [0, 0.1) is 0 Å². The van der Waals surface area contributed by atoms with Crippen molar-refractivity contribution in [1.82, 2.24) is 15.0 Å². The van der Waals surface area contributed by atoms with E-state index in [4.69, 9.17) is 9.47 Å². The molecular weight excluding hydrogens is 258 g/mol. The van der Waals surface area contributed by atoms with Crippen LogP contribution in [0.25, 0.3) is 0 Å². The highest BCUT2D eigenvalue weighted by atomic mass is 16.5. The van der Waals surface area contributed by atoms with Crippen LogP contribution >= 0.6 is 0 Å². The van der Waals surface area contributed by atoms with Crippen molar-refractivity contribution in [2.24, 2.45) is 0 Å². The monoisotopic (exact) mass is 283 g/mol. The fraction of sp³-hybridized carbons (Fsp3) is 0.769. The molecular formula is C13H25N5O2. The second-order valence-corrected chi connectivity index (χ2v) is 4.30. The number of hydrogen-bond donors (Lipinski definition) is 2. The first-order valence-corrected chi connectivity index (χ1v) is 7.19. The Balaban J connectivity index is 2.19. The van der Waals surface area contributed by atoms with Crippen LogP contribution in [0.1, 0.15) is 39.5 Å². The molecule has 0 amide bonds. The van der Waals surface area contributed by atoms with E-state index in [9.17, 15) is 0 Å². The predicted molar refractivity (Wildman–Crippen MR) is 78.5 cm³/mol. The van der Waals surface area contributed by atoms with Gasteiger partial charge in [0, 0.05) is 13.2 Å². The molecule has 0 unspecified atom stereocenters. The average Bonchev–Trinajstić information content (AvgIpc) is 2.47. The first kappa shape index (κ1) is 16.6. The molecule has 0 fully saturated rings. The second-order valence-electron chi connectivity index (χ2n) is 4.30. The minimum Gasteiger partial charge on any atom is -0.361 e. The molecule has 0 aromatic carbocycles. The van der Waals surface area contributed by atoms with Gasteiger partial charge in [0.2, 0.25) is 11.9 Å². The van der Waals surface area contributed by atoms with Crippen molar-refractivity contribution in [3.63, 3.8) is 0 Å². The largest absolute Gasteiger partial charge is 0.361 e. The molecule has 0 atom stereocenters. The van der Waals surface area contributed by atoms with E-state index in [0.29, 0.717) is 25.4 Å². The minimum absolute atomic E-state index is 0.399. The summed E-state index contributed by atoms with van der Waals surface area (Å²) in [7, 11) is 0. The second kappa shape index (κ2) is 11.4. The van der Waals surface area contributed by atoms with Crippen LogP contribution in [-0.4, -0.2) is 41.6 Å². The Kier molecular flexibility index (Phi) is 9.42. The summed E-state index contributed by atoms with van der Waals surface area (Å²) >= 11 is 0. The number of nitrogens with zero attached hydrogens (tertiary/aromatic N) is 3. The van der Waals surface area contributed by atoms with E-state index in [2.05, 4.69) is 39.4 Å². The topological polar surface area (TPSA) is 81.2 Å². The van der Waals surface area contributed by atoms with Gasteiger partial charge >= 0.3 is 0 Å². The van der Waals surface area contributed by atoms with Crippen LogP contribution in [0.3, 0.4) is 0 Å². The van der Waals surface area contributed by atoms with Gasteiger partial charge in [-0.05, 0) is 12.8 Å². The molecule has 0 spiro atoms. The normalized spacial score (nSPS) is 10.5. The van der Waals surface area contributed by atoms with E-state index < -0.39 is 0 Å². The van der Waals surface area contributed by atoms with Crippen molar-refractivity contribution in [3.8, 4) is 0 Å². The molecule has 114 valence electrons. The summed E-state index contributed by atoms with van der Waals surface area (Å²) in [5.41, 5.74) is 0. The van der Waals surface area contributed by atoms with Crippen molar-refractivity contribution < 1.29 is 9.47 Å². The highest BCUT2D eigenvalue weighted by Crippen LogP contribution is 2.01. The number of unbranched alkanes of at least 4 members (excludes halogenated alkanes) is 2. The van der Waals surface area contributed by atoms with Gasteiger partial charge in [0.25, 0.3) is 0 Å². The van der Waals surface area contributed by atoms with E-state index in [1.54, 1.807) is 0 Å². The maximum absolute atomic E-state index is 5.39. The lowest BCUT2D eigenvalue weighted by molar-refractivity contribution is 0.148. The Bertz CT molecular complexity index is 322. The summed E-state index contributed by atoms with van der Waals surface area (Å²) in [6.45, 7) is 6.54. The fourth-order valence-electron chi connectivity index (χ4n) is 1.33. The van der Waals surface area contributed by atoms with Gasteiger partial charge < -0.3 is 20.1 Å². The highest BCUT2D eigenvalue weighted by molar-refractivity contribution is 5.31. The molecule has 7 nitrogen and oxygen atoms in total. The fourth-order valence-corrected chi connectivity index (χ4v) is 1.33. The lowest BCUT2D eigenvalue weighted by Crippen LogP contribution is -2.13. The summed E-state index contributed by atoms with van der Waals surface area (Å²) in [5.74, 6) is 0.986. The Morgan fingerprint density at radius 1 is 0.900 bits per heavy atom. The van der Waals surface area contributed by atoms with Gasteiger partial charge in [-0.1, -0.05) is 26.7 Å². The van der Waals surface area contributed by atoms with Crippen molar-refractivity contribution >= 4 is 11.9 Å². The first-order valence-electron chi connectivity index (χ1n) is 7.19. The molecule has 2 N–H and O–H groups in total. The van der Waals surface area contributed by atoms with Gasteiger partial charge in [-0.25, -0.2) is 9.97 Å². The summed E-state index contributed by atoms with van der Waals surface area (Å²) < 4.78 is 10.8. The first-order chi connectivity index (χ1) is 9.86. The molecule has 20 heavy (non-hydrogen) atoms. The number of aromatic nitrogens is 3. The van der Waals surface area contributed by atoms with Crippen LogP contribution in [0.4, 0.5) is 11.9 Å². The number of hydrogen-bond acceptors (Lipinski definition) is 7. The Morgan fingerprint density at radius 2 is 1.40 bits per heavy atom. The molecule has 1 heterocycles. The molecule has 1 aromatic heterocycles. The molecule has 0 saturated carbocycles. The molecule has 0 aliphatic carbocycles. The van der Waals surface area contributed by atoms with Crippen molar-refractivity contribution in [2.45, 2.75) is 39.5 Å². The van der Waals surface area contributed by atoms with Gasteiger partial charge in [0.05, 0.1) is 0 Å². The van der Waals surface area contributed by atoms with Crippen LogP contribution in [0.2, 0.25) is 0 Å². The maximum Gasteiger partial charge on any atom is 0.229 e. The predicted octanol–water partition coefficient (Wildman–Crippen LogP) is 2.24. The molecule has 0 aliphatic rings. The van der Waals surface area contributed by atoms with E-state index in [1.165, 1.54) is 6.33 Å². The van der Waals surface area contributed by atoms with E-state index >= 15 is 0 Å². The smallest absolute Gasteiger partial charge is 0.229 e. The van der Waals surface area contributed by atoms with Gasteiger partial charge in [0.15, 0.2) is 0 Å². The summed E-state index contributed by atoms with van der Waals surface area (Å²) in [6.07, 6.45) is 5.81. The zero-order valence-electron chi connectivity index (χ0n) is 12.4. The van der Waals surface area contributed by atoms with E-state index in [1.807, 2.05) is 0 Å². The third-order valence-corrected chi connectivity index (χ3v) is 2.52. The molecule has 1 aromatic rings. The number of nitrogens with one attached hydrogen (secondary N) is 2. The Hall–Kier alpha value is -1.47. The summed E-state index contributed by atoms with van der Waals surface area (Å²) in [4.78, 5) is 12.2. The van der Waals surface area contributed by atoms with Crippen LogP contribution in [-0.2, 0) is 9.47 Å². The molecule has 0 radical (unpaired) electrons. The zero-order chi connectivity index (χ0) is 14.5. The third-order valence-electron chi connectivity index (χ3n) is 2.52. The van der Waals surface area contributed by atoms with Crippen LogP contribution in [0.15, 0.2) is 6.33 Å². The Morgan fingerprint density at radius 3 is 1.85 bits per heavy atom. The standard InChI is InChI=1S/C13H25N5O2/c1-3-5-7-19-10-16-12-14-9-15-13(18-12)17-11-20-8-6-4-2/h9H,3-8,10-11H2,1-2H3,(H2,14,15,16,17,18). The molecule has 7 heteroatoms. The number of ether oxygens (including phenoxy) is 2. The lowest BCUT2D eigenvalue weighted by Gasteiger charge is -2.08. The molecule has 0 saturated heterocycles. The van der Waals surface area contributed by atoms with Crippen molar-refractivity contribution in [2.75, 3.05) is 37.3 Å². The zero-order valence-corrected chi connectivity index (χ0v) is 12.4. The van der Waals surface area contributed by atoms with Gasteiger partial charge in [-0.3, -0.25) is 0 Å². The average molecular weight is 283 g/mol. The van der Waals surface area contributed by atoms with Crippen molar-refractivity contribution in [1.29, 1.82) is 0 Å². The number of rotatable bonds is 12. The molecule has 0 bridgehead atoms. The van der Waals surface area contributed by atoms with Crippen molar-refractivity contribution in [3.05, 3.63) is 6.33 Å². The van der Waals surface area contributed by atoms with Crippen LogP contribution < -0.4 is 10.6 Å². The third kappa shape index (κ3) is 7.85. The Labute approximate surface area is 120 Å².